The molecule has 1 saturated heterocycles. The van der Waals surface area contributed by atoms with Gasteiger partial charge in [0.05, 0.1) is 24.8 Å². The molecule has 0 aliphatic carbocycles. The van der Waals surface area contributed by atoms with E-state index in [1.54, 1.807) is 12.1 Å². The summed E-state index contributed by atoms with van der Waals surface area (Å²) in [5.74, 6) is -1.05. The average molecular weight is 426 g/mol. The van der Waals surface area contributed by atoms with Crippen LogP contribution in [0.3, 0.4) is 0 Å². The van der Waals surface area contributed by atoms with Gasteiger partial charge in [0, 0.05) is 9.75 Å². The van der Waals surface area contributed by atoms with Crippen molar-refractivity contribution >= 4 is 40.1 Å². The van der Waals surface area contributed by atoms with Gasteiger partial charge >= 0.3 is 0 Å². The number of hydrogen-bond acceptors (Lipinski definition) is 6. The van der Waals surface area contributed by atoms with Gasteiger partial charge in [-0.1, -0.05) is 23.8 Å². The Morgan fingerprint density at radius 2 is 1.90 bits per heavy atom. The molecule has 1 aliphatic rings. The summed E-state index contributed by atoms with van der Waals surface area (Å²) in [6.07, 6.45) is 0. The highest BCUT2D eigenvalue weighted by Crippen LogP contribution is 2.43. The third kappa shape index (κ3) is 3.47. The molecule has 29 heavy (non-hydrogen) atoms. The summed E-state index contributed by atoms with van der Waals surface area (Å²) in [6.45, 7) is 2.20. The van der Waals surface area contributed by atoms with E-state index < -0.39 is 17.7 Å². The predicted octanol–water partition coefficient (Wildman–Crippen LogP) is 4.75. The maximum Gasteiger partial charge on any atom is 0.296 e. The molecule has 1 fully saturated rings. The fraction of sp³-hybridized carbons (Fsp3) is 0.182. The number of benzene rings is 1. The summed E-state index contributed by atoms with van der Waals surface area (Å²) < 4.78 is 5.38. The Hall–Kier alpha value is -2.90. The van der Waals surface area contributed by atoms with Crippen LogP contribution >= 0.6 is 22.7 Å². The molecule has 5 nitrogen and oxygen atoms in total. The lowest BCUT2D eigenvalue weighted by atomic mass is 9.98. The fourth-order valence-electron chi connectivity index (χ4n) is 3.51. The van der Waals surface area contributed by atoms with E-state index in [1.807, 2.05) is 48.0 Å². The van der Waals surface area contributed by atoms with Gasteiger partial charge in [-0.3, -0.25) is 9.59 Å². The zero-order chi connectivity index (χ0) is 20.5. The van der Waals surface area contributed by atoms with E-state index in [-0.39, 0.29) is 11.3 Å². The van der Waals surface area contributed by atoms with Gasteiger partial charge in [-0.05, 0) is 41.9 Å². The topological polar surface area (TPSA) is 66.8 Å². The second-order valence-corrected chi connectivity index (χ2v) is 8.74. The molecule has 0 radical (unpaired) electrons. The van der Waals surface area contributed by atoms with Gasteiger partial charge in [0.15, 0.2) is 0 Å². The molecule has 2 aromatic heterocycles. The largest absolute Gasteiger partial charge is 0.507 e. The minimum atomic E-state index is -0.680. The van der Waals surface area contributed by atoms with Crippen molar-refractivity contribution in [2.45, 2.75) is 19.5 Å². The van der Waals surface area contributed by atoms with Gasteiger partial charge in [0.25, 0.3) is 11.7 Å². The summed E-state index contributed by atoms with van der Waals surface area (Å²) >= 11 is 2.98. The Kier molecular flexibility index (Phi) is 5.25. The van der Waals surface area contributed by atoms with Crippen molar-refractivity contribution in [3.05, 3.63) is 79.7 Å². The standard InChI is InChI=1S/C22H19NO4S2/c1-13-7-8-16(27-2)15(11-13)20(24)18-19(17-6-4-10-29-17)23(22(26)21(18)25)12-14-5-3-9-28-14/h3-11,19,24H,12H2,1-2H3/b20-18-. The number of hydrogen-bond donors (Lipinski definition) is 1. The molecular formula is C22H19NO4S2. The molecule has 1 aliphatic heterocycles. The molecule has 4 rings (SSSR count). The zero-order valence-electron chi connectivity index (χ0n) is 15.9. The smallest absolute Gasteiger partial charge is 0.296 e. The molecule has 1 unspecified atom stereocenters. The van der Waals surface area contributed by atoms with Gasteiger partial charge in [0.1, 0.15) is 17.6 Å². The van der Waals surface area contributed by atoms with E-state index in [2.05, 4.69) is 0 Å². The lowest BCUT2D eigenvalue weighted by Crippen LogP contribution is -2.28. The van der Waals surface area contributed by atoms with Crippen molar-refractivity contribution in [3.8, 4) is 5.75 Å². The average Bonchev–Trinajstić information content (AvgIpc) is 3.46. The van der Waals surface area contributed by atoms with Crippen LogP contribution in [-0.2, 0) is 16.1 Å². The van der Waals surface area contributed by atoms with Crippen LogP contribution in [0.1, 0.15) is 26.9 Å². The van der Waals surface area contributed by atoms with E-state index in [0.29, 0.717) is 17.9 Å². The van der Waals surface area contributed by atoms with Crippen LogP contribution < -0.4 is 4.74 Å². The molecule has 1 N–H and O–H groups in total. The molecule has 148 valence electrons. The third-order valence-electron chi connectivity index (χ3n) is 4.87. The molecule has 0 bridgehead atoms. The Balaban J connectivity index is 1.89. The van der Waals surface area contributed by atoms with E-state index in [0.717, 1.165) is 15.3 Å². The second-order valence-electron chi connectivity index (χ2n) is 6.73. The van der Waals surface area contributed by atoms with Crippen molar-refractivity contribution in [2.75, 3.05) is 7.11 Å². The third-order valence-corrected chi connectivity index (χ3v) is 6.65. The maximum atomic E-state index is 13.0. The number of aliphatic hydroxyl groups excluding tert-OH is 1. The Morgan fingerprint density at radius 1 is 1.14 bits per heavy atom. The van der Waals surface area contributed by atoms with Crippen LogP contribution in [0.5, 0.6) is 5.75 Å². The fourth-order valence-corrected chi connectivity index (χ4v) is 5.06. The number of methoxy groups -OCH3 is 1. The van der Waals surface area contributed by atoms with Crippen LogP contribution in [0.25, 0.3) is 5.76 Å². The monoisotopic (exact) mass is 425 g/mol. The predicted molar refractivity (Wildman–Crippen MR) is 114 cm³/mol. The number of aliphatic hydroxyl groups is 1. The minimum Gasteiger partial charge on any atom is -0.507 e. The first-order valence-electron chi connectivity index (χ1n) is 9.00. The number of Topliss-reactive ketones (excluding diaryl/α,β-unsaturated/α-hetero) is 1. The lowest BCUT2D eigenvalue weighted by Gasteiger charge is -2.23. The molecule has 1 atom stereocenters. The summed E-state index contributed by atoms with van der Waals surface area (Å²) in [5.41, 5.74) is 1.41. The van der Waals surface area contributed by atoms with Crippen LogP contribution in [-0.4, -0.2) is 28.8 Å². The Morgan fingerprint density at radius 3 is 2.55 bits per heavy atom. The number of ketones is 1. The molecule has 0 saturated carbocycles. The van der Waals surface area contributed by atoms with Crippen molar-refractivity contribution in [2.24, 2.45) is 0 Å². The van der Waals surface area contributed by atoms with Gasteiger partial charge in [0.2, 0.25) is 0 Å². The van der Waals surface area contributed by atoms with Crippen molar-refractivity contribution in [3.63, 3.8) is 0 Å². The van der Waals surface area contributed by atoms with Gasteiger partial charge in [-0.15, -0.1) is 22.7 Å². The quantitative estimate of drug-likeness (QED) is 0.364. The van der Waals surface area contributed by atoms with Gasteiger partial charge < -0.3 is 14.7 Å². The zero-order valence-corrected chi connectivity index (χ0v) is 17.5. The first kappa shape index (κ1) is 19.4. The number of carbonyl (C=O) groups excluding carboxylic acids is 2. The number of aryl methyl sites for hydroxylation is 1. The SMILES string of the molecule is COc1ccc(C)cc1/C(O)=C1/C(=O)C(=O)N(Cc2cccs2)C1c1cccs1. The summed E-state index contributed by atoms with van der Waals surface area (Å²) in [7, 11) is 1.51. The van der Waals surface area contributed by atoms with Crippen LogP contribution in [0.15, 0.2) is 58.8 Å². The highest BCUT2D eigenvalue weighted by Gasteiger charge is 2.46. The number of ether oxygens (including phenoxy) is 1. The molecule has 1 amide bonds. The second kappa shape index (κ2) is 7.85. The molecular weight excluding hydrogens is 406 g/mol. The van der Waals surface area contributed by atoms with Crippen molar-refractivity contribution in [1.29, 1.82) is 0 Å². The van der Waals surface area contributed by atoms with E-state index in [1.165, 1.54) is 34.7 Å². The molecule has 7 heteroatoms. The summed E-state index contributed by atoms with van der Waals surface area (Å²) in [4.78, 5) is 29.3. The molecule has 0 spiro atoms. The highest BCUT2D eigenvalue weighted by atomic mass is 32.1. The summed E-state index contributed by atoms with van der Waals surface area (Å²) in [6, 6.07) is 12.3. The minimum absolute atomic E-state index is 0.0953. The number of nitrogens with zero attached hydrogens (tertiary/aromatic N) is 1. The Labute approximate surface area is 176 Å². The number of amides is 1. The number of rotatable bonds is 5. The molecule has 3 aromatic rings. The highest BCUT2D eigenvalue weighted by molar-refractivity contribution is 7.10. The van der Waals surface area contributed by atoms with Crippen molar-refractivity contribution in [1.82, 2.24) is 4.90 Å². The molecule has 1 aromatic carbocycles. The van der Waals surface area contributed by atoms with Crippen molar-refractivity contribution < 1.29 is 19.4 Å². The van der Waals surface area contributed by atoms with E-state index in [9.17, 15) is 14.7 Å². The first-order valence-corrected chi connectivity index (χ1v) is 10.8. The first-order chi connectivity index (χ1) is 14.0. The van der Waals surface area contributed by atoms with Crippen LogP contribution in [0.2, 0.25) is 0 Å². The van der Waals surface area contributed by atoms with Gasteiger partial charge in [-0.2, -0.15) is 0 Å². The normalized spacial score (nSPS) is 18.4. The van der Waals surface area contributed by atoms with Crippen LogP contribution in [0, 0.1) is 6.92 Å². The van der Waals surface area contributed by atoms with E-state index in [4.69, 9.17) is 4.74 Å². The maximum absolute atomic E-state index is 13.0. The van der Waals surface area contributed by atoms with E-state index >= 15 is 0 Å². The number of thiophene rings is 2. The molecule has 3 heterocycles. The lowest BCUT2D eigenvalue weighted by molar-refractivity contribution is -0.140. The van der Waals surface area contributed by atoms with Gasteiger partial charge in [-0.25, -0.2) is 0 Å². The number of carbonyl (C=O) groups is 2. The number of likely N-dealkylation sites (tertiary alicyclic amines) is 1. The summed E-state index contributed by atoms with van der Waals surface area (Å²) in [5, 5.41) is 15.0. The Bertz CT molecular complexity index is 1080. The van der Waals surface area contributed by atoms with Crippen LogP contribution in [0.4, 0.5) is 0 Å².